The van der Waals surface area contributed by atoms with Crippen molar-refractivity contribution < 1.29 is 14.4 Å². The number of amides is 3. The molecule has 174 valence electrons. The molecular formula is C27H23N5O3. The Balaban J connectivity index is 1.42. The quantitative estimate of drug-likeness (QED) is 0.363. The zero-order valence-electron chi connectivity index (χ0n) is 19.2. The van der Waals surface area contributed by atoms with E-state index < -0.39 is 18.0 Å². The number of hydrogen-bond donors (Lipinski definition) is 3. The molecule has 1 aromatic heterocycles. The van der Waals surface area contributed by atoms with Crippen LogP contribution in [0.1, 0.15) is 35.8 Å². The lowest BCUT2D eigenvalue weighted by Crippen LogP contribution is -2.45. The average molecular weight is 466 g/mol. The minimum absolute atomic E-state index is 0.00363. The van der Waals surface area contributed by atoms with Gasteiger partial charge in [0.15, 0.2) is 5.78 Å². The first kappa shape index (κ1) is 22.2. The number of carbonyl (C=O) groups excluding carboxylic acids is 3. The van der Waals surface area contributed by atoms with Gasteiger partial charge in [0.05, 0.1) is 17.8 Å². The molecule has 3 N–H and O–H groups in total. The summed E-state index contributed by atoms with van der Waals surface area (Å²) < 4.78 is 0. The third-order valence-electron chi connectivity index (χ3n) is 6.20. The molecule has 3 aromatic carbocycles. The van der Waals surface area contributed by atoms with Gasteiger partial charge in [0.25, 0.3) is 0 Å². The summed E-state index contributed by atoms with van der Waals surface area (Å²) in [6.45, 7) is 3.23. The van der Waals surface area contributed by atoms with Crippen molar-refractivity contribution in [2.24, 2.45) is 10.9 Å². The van der Waals surface area contributed by atoms with E-state index in [0.717, 1.165) is 27.6 Å². The molecule has 2 unspecified atom stereocenters. The van der Waals surface area contributed by atoms with Gasteiger partial charge in [-0.1, -0.05) is 42.5 Å². The number of benzene rings is 3. The SMILES string of the molecule is CC(=O)c1cccc(-c2ccc(C3NC(=O)N=C(C)C3C(=O)Nc3ccc4[nH]ncc4c3)cc2)c1. The first-order valence-corrected chi connectivity index (χ1v) is 11.2. The van der Waals surface area contributed by atoms with Crippen LogP contribution < -0.4 is 10.6 Å². The molecule has 8 heteroatoms. The Morgan fingerprint density at radius 1 is 0.971 bits per heavy atom. The van der Waals surface area contributed by atoms with E-state index in [2.05, 4.69) is 25.8 Å². The molecule has 4 aromatic rings. The number of ketones is 1. The molecule has 0 saturated carbocycles. The summed E-state index contributed by atoms with van der Waals surface area (Å²) in [6.07, 6.45) is 1.69. The Labute approximate surface area is 201 Å². The minimum atomic E-state index is -0.681. The number of aromatic amines is 1. The van der Waals surface area contributed by atoms with E-state index in [1.54, 1.807) is 25.3 Å². The van der Waals surface area contributed by atoms with Crippen LogP contribution in [0.25, 0.3) is 22.0 Å². The minimum Gasteiger partial charge on any atom is -0.328 e. The standard InChI is InChI=1S/C27H23N5O3/c1-15-24(26(34)30-22-10-11-23-21(13-22)14-28-32-23)25(31-27(35)29-15)18-8-6-17(7-9-18)20-5-3-4-19(12-20)16(2)33/h3-14,24-25H,1-2H3,(H,28,32)(H,30,34)(H,31,35). The molecule has 2 heterocycles. The summed E-state index contributed by atoms with van der Waals surface area (Å²) in [5.74, 6) is -0.944. The van der Waals surface area contributed by atoms with E-state index in [-0.39, 0.29) is 11.7 Å². The van der Waals surface area contributed by atoms with E-state index >= 15 is 0 Å². The van der Waals surface area contributed by atoms with Gasteiger partial charge in [-0.3, -0.25) is 14.7 Å². The predicted octanol–water partition coefficient (Wildman–Crippen LogP) is 4.91. The van der Waals surface area contributed by atoms with Gasteiger partial charge < -0.3 is 10.6 Å². The molecule has 1 aliphatic rings. The van der Waals surface area contributed by atoms with Crippen LogP contribution in [0.4, 0.5) is 10.5 Å². The maximum absolute atomic E-state index is 13.3. The van der Waals surface area contributed by atoms with Crippen LogP contribution in [0.2, 0.25) is 0 Å². The molecule has 8 nitrogen and oxygen atoms in total. The lowest BCUT2D eigenvalue weighted by Gasteiger charge is -2.30. The van der Waals surface area contributed by atoms with Crippen LogP contribution >= 0.6 is 0 Å². The maximum atomic E-state index is 13.3. The third kappa shape index (κ3) is 4.46. The molecule has 0 fully saturated rings. The Kier molecular flexibility index (Phi) is 5.70. The Morgan fingerprint density at radius 2 is 1.77 bits per heavy atom. The zero-order valence-corrected chi connectivity index (χ0v) is 19.2. The molecular weight excluding hydrogens is 442 g/mol. The van der Waals surface area contributed by atoms with Crippen LogP contribution in [-0.4, -0.2) is 33.6 Å². The number of nitrogens with zero attached hydrogens (tertiary/aromatic N) is 2. The normalized spacial score (nSPS) is 17.5. The lowest BCUT2D eigenvalue weighted by molar-refractivity contribution is -0.118. The van der Waals surface area contributed by atoms with E-state index in [1.165, 1.54) is 6.92 Å². The number of hydrogen-bond acceptors (Lipinski definition) is 4. The van der Waals surface area contributed by atoms with Gasteiger partial charge in [-0.25, -0.2) is 9.79 Å². The Bertz CT molecular complexity index is 1490. The number of rotatable bonds is 5. The van der Waals surface area contributed by atoms with Crippen LogP contribution in [0.3, 0.4) is 0 Å². The highest BCUT2D eigenvalue weighted by Gasteiger charge is 2.36. The molecule has 1 aliphatic heterocycles. The highest BCUT2D eigenvalue weighted by Crippen LogP contribution is 2.30. The number of H-pyrrole nitrogens is 1. The highest BCUT2D eigenvalue weighted by atomic mass is 16.2. The number of aliphatic imine (C=N–C) groups is 1. The number of aromatic nitrogens is 2. The summed E-state index contributed by atoms with van der Waals surface area (Å²) in [6, 6.07) is 19.5. The number of carbonyl (C=O) groups is 3. The molecule has 35 heavy (non-hydrogen) atoms. The summed E-state index contributed by atoms with van der Waals surface area (Å²) >= 11 is 0. The first-order valence-electron chi connectivity index (χ1n) is 11.2. The fraction of sp³-hybridized carbons (Fsp3) is 0.148. The van der Waals surface area contributed by atoms with Crippen molar-refractivity contribution in [2.75, 3.05) is 5.32 Å². The summed E-state index contributed by atoms with van der Waals surface area (Å²) in [5.41, 5.74) is 5.22. The fourth-order valence-corrected chi connectivity index (χ4v) is 4.38. The molecule has 3 amide bonds. The molecule has 0 aliphatic carbocycles. The number of fused-ring (bicyclic) bond motifs is 1. The summed E-state index contributed by atoms with van der Waals surface area (Å²) in [4.78, 5) is 41.3. The fourth-order valence-electron chi connectivity index (χ4n) is 4.38. The van der Waals surface area contributed by atoms with Gasteiger partial charge in [0, 0.05) is 22.3 Å². The lowest BCUT2D eigenvalue weighted by atomic mass is 9.86. The topological polar surface area (TPSA) is 116 Å². The molecule has 5 rings (SSSR count). The van der Waals surface area contributed by atoms with Crippen molar-refractivity contribution in [3.05, 3.63) is 84.1 Å². The van der Waals surface area contributed by atoms with Gasteiger partial charge in [-0.2, -0.15) is 5.10 Å². The third-order valence-corrected chi connectivity index (χ3v) is 6.20. The second kappa shape index (κ2) is 8.98. The smallest absolute Gasteiger partial charge is 0.328 e. The molecule has 0 radical (unpaired) electrons. The van der Waals surface area contributed by atoms with Gasteiger partial charge >= 0.3 is 6.03 Å². The number of nitrogens with one attached hydrogen (secondary N) is 3. The second-order valence-corrected chi connectivity index (χ2v) is 8.58. The maximum Gasteiger partial charge on any atom is 0.341 e. The molecule has 2 atom stereocenters. The van der Waals surface area contributed by atoms with Crippen molar-refractivity contribution >= 4 is 40.0 Å². The largest absolute Gasteiger partial charge is 0.341 e. The van der Waals surface area contributed by atoms with Crippen molar-refractivity contribution in [3.8, 4) is 11.1 Å². The number of Topliss-reactive ketones (excluding diaryl/α,β-unsaturated/α-hetero) is 1. The van der Waals surface area contributed by atoms with E-state index in [4.69, 9.17) is 0 Å². The van der Waals surface area contributed by atoms with Crippen molar-refractivity contribution in [3.63, 3.8) is 0 Å². The van der Waals surface area contributed by atoms with Gasteiger partial charge in [-0.05, 0) is 54.8 Å². The van der Waals surface area contributed by atoms with Gasteiger partial charge in [-0.15, -0.1) is 0 Å². The van der Waals surface area contributed by atoms with Crippen molar-refractivity contribution in [2.45, 2.75) is 19.9 Å². The van der Waals surface area contributed by atoms with Gasteiger partial charge in [0.2, 0.25) is 5.91 Å². The summed E-state index contributed by atoms with van der Waals surface area (Å²) in [7, 11) is 0. The summed E-state index contributed by atoms with van der Waals surface area (Å²) in [5, 5.41) is 13.6. The zero-order chi connectivity index (χ0) is 24.5. The second-order valence-electron chi connectivity index (χ2n) is 8.58. The van der Waals surface area contributed by atoms with Crippen LogP contribution in [0.5, 0.6) is 0 Å². The molecule has 0 spiro atoms. The van der Waals surface area contributed by atoms with E-state index in [1.807, 2.05) is 54.6 Å². The molecule has 0 bridgehead atoms. The monoisotopic (exact) mass is 465 g/mol. The van der Waals surface area contributed by atoms with Crippen molar-refractivity contribution in [1.82, 2.24) is 15.5 Å². The first-order chi connectivity index (χ1) is 16.9. The van der Waals surface area contributed by atoms with Crippen LogP contribution in [-0.2, 0) is 4.79 Å². The highest BCUT2D eigenvalue weighted by molar-refractivity contribution is 6.13. The number of anilines is 1. The van der Waals surface area contributed by atoms with Crippen molar-refractivity contribution in [1.29, 1.82) is 0 Å². The van der Waals surface area contributed by atoms with E-state index in [0.29, 0.717) is 17.0 Å². The average Bonchev–Trinajstić information content (AvgIpc) is 3.31. The van der Waals surface area contributed by atoms with Gasteiger partial charge in [0.1, 0.15) is 5.92 Å². The van der Waals surface area contributed by atoms with Crippen LogP contribution in [0.15, 0.2) is 77.9 Å². The van der Waals surface area contributed by atoms with Crippen LogP contribution in [0, 0.1) is 5.92 Å². The predicted molar refractivity (Wildman–Crippen MR) is 134 cm³/mol. The Morgan fingerprint density at radius 3 is 2.54 bits per heavy atom. The van der Waals surface area contributed by atoms with E-state index in [9.17, 15) is 14.4 Å². The molecule has 0 saturated heterocycles. The Hall–Kier alpha value is -4.59. The number of urea groups is 1.